The summed E-state index contributed by atoms with van der Waals surface area (Å²) in [5.74, 6) is 0.0431. The van der Waals surface area contributed by atoms with Gasteiger partial charge in [-0.05, 0) is 5.92 Å². The lowest BCUT2D eigenvalue weighted by Crippen LogP contribution is -2.43. The lowest BCUT2D eigenvalue weighted by molar-refractivity contribution is -0.123. The van der Waals surface area contributed by atoms with Crippen LogP contribution in [0.4, 0.5) is 0 Å². The molecular weight excluding hydrogens is 269 g/mol. The number of aromatic nitrogens is 1. The lowest BCUT2D eigenvalue weighted by Gasteiger charge is -2.14. The van der Waals surface area contributed by atoms with E-state index in [2.05, 4.69) is 10.3 Å². The van der Waals surface area contributed by atoms with Crippen molar-refractivity contribution >= 4 is 42.1 Å². The summed E-state index contributed by atoms with van der Waals surface area (Å²) in [6.45, 7) is 4.32. The van der Waals surface area contributed by atoms with Crippen molar-refractivity contribution in [1.29, 1.82) is 0 Å². The Labute approximate surface area is 112 Å². The van der Waals surface area contributed by atoms with Gasteiger partial charge in [0.05, 0.1) is 12.6 Å². The van der Waals surface area contributed by atoms with Crippen LogP contribution in [0.3, 0.4) is 0 Å². The predicted octanol–water partition coefficient (Wildman–Crippen LogP) is 1.59. The summed E-state index contributed by atoms with van der Waals surface area (Å²) in [5.41, 5.74) is 5.67. The van der Waals surface area contributed by atoms with Crippen LogP contribution in [-0.2, 0) is 11.3 Å². The molecule has 1 amide bonds. The monoisotopic (exact) mass is 285 g/mol. The van der Waals surface area contributed by atoms with E-state index in [1.165, 1.54) is 11.3 Å². The Kier molecular flexibility index (Phi) is 9.86. The fourth-order valence-electron chi connectivity index (χ4n) is 0.924. The van der Waals surface area contributed by atoms with Gasteiger partial charge in [-0.2, -0.15) is 0 Å². The van der Waals surface area contributed by atoms with Gasteiger partial charge in [0.1, 0.15) is 5.01 Å². The number of amides is 1. The standard InChI is InChI=1S/C9H15N3OS.2ClH/c1-6(2)8(10)9(13)12-5-7-11-3-4-14-7;;/h3-4,6,8H,5,10H2,1-2H3,(H,12,13);2*1H. The van der Waals surface area contributed by atoms with Gasteiger partial charge in [0.15, 0.2) is 0 Å². The third-order valence-corrected chi connectivity index (χ3v) is 2.70. The SMILES string of the molecule is CC(C)C(N)C(=O)NCc1nccs1.Cl.Cl. The van der Waals surface area contributed by atoms with Gasteiger partial charge in [0.2, 0.25) is 5.91 Å². The van der Waals surface area contributed by atoms with E-state index in [-0.39, 0.29) is 36.6 Å². The second kappa shape index (κ2) is 8.75. The zero-order chi connectivity index (χ0) is 10.6. The van der Waals surface area contributed by atoms with E-state index in [4.69, 9.17) is 5.73 Å². The lowest BCUT2D eigenvalue weighted by atomic mass is 10.1. The number of nitrogens with one attached hydrogen (secondary N) is 1. The molecule has 0 aliphatic carbocycles. The van der Waals surface area contributed by atoms with Crippen LogP contribution in [-0.4, -0.2) is 16.9 Å². The Morgan fingerprint density at radius 2 is 2.19 bits per heavy atom. The van der Waals surface area contributed by atoms with Gasteiger partial charge in [-0.1, -0.05) is 13.8 Å². The minimum atomic E-state index is -0.435. The average molecular weight is 286 g/mol. The quantitative estimate of drug-likeness (QED) is 0.883. The Morgan fingerprint density at radius 1 is 1.56 bits per heavy atom. The van der Waals surface area contributed by atoms with Crippen LogP contribution < -0.4 is 11.1 Å². The molecule has 0 spiro atoms. The average Bonchev–Trinajstić information content (AvgIpc) is 2.65. The maximum Gasteiger partial charge on any atom is 0.237 e. The Morgan fingerprint density at radius 3 is 2.62 bits per heavy atom. The maximum atomic E-state index is 11.4. The van der Waals surface area contributed by atoms with Gasteiger partial charge in [-0.3, -0.25) is 4.79 Å². The zero-order valence-corrected chi connectivity index (χ0v) is 11.6. The topological polar surface area (TPSA) is 68.0 Å². The van der Waals surface area contributed by atoms with Gasteiger partial charge in [0.25, 0.3) is 0 Å². The molecule has 0 radical (unpaired) electrons. The Balaban J connectivity index is 0. The molecule has 0 saturated carbocycles. The van der Waals surface area contributed by atoms with Crippen molar-refractivity contribution in [1.82, 2.24) is 10.3 Å². The van der Waals surface area contributed by atoms with Crippen molar-refractivity contribution in [3.05, 3.63) is 16.6 Å². The fourth-order valence-corrected chi connectivity index (χ4v) is 1.48. The number of rotatable bonds is 4. The second-order valence-electron chi connectivity index (χ2n) is 3.41. The molecule has 0 saturated heterocycles. The summed E-state index contributed by atoms with van der Waals surface area (Å²) in [6.07, 6.45) is 1.72. The number of hydrogen-bond acceptors (Lipinski definition) is 4. The number of carbonyl (C=O) groups excluding carboxylic acids is 1. The summed E-state index contributed by atoms with van der Waals surface area (Å²) in [6, 6.07) is -0.435. The first kappa shape index (κ1) is 18.0. The number of nitrogens with zero attached hydrogens (tertiary/aromatic N) is 1. The van der Waals surface area contributed by atoms with E-state index in [1.54, 1.807) is 6.20 Å². The van der Waals surface area contributed by atoms with Crippen molar-refractivity contribution in [3.8, 4) is 0 Å². The third kappa shape index (κ3) is 5.65. The van der Waals surface area contributed by atoms with Crippen molar-refractivity contribution in [2.75, 3.05) is 0 Å². The van der Waals surface area contributed by atoms with Gasteiger partial charge < -0.3 is 11.1 Å². The molecule has 0 aliphatic heterocycles. The molecule has 4 nitrogen and oxygen atoms in total. The molecule has 1 unspecified atom stereocenters. The molecular formula is C9H17Cl2N3OS. The molecule has 1 aromatic rings. The molecule has 0 aromatic carbocycles. The molecule has 94 valence electrons. The molecule has 0 aliphatic rings. The van der Waals surface area contributed by atoms with E-state index >= 15 is 0 Å². The molecule has 7 heteroatoms. The Hall–Kier alpha value is -0.360. The summed E-state index contributed by atoms with van der Waals surface area (Å²) < 4.78 is 0. The number of carbonyl (C=O) groups is 1. The highest BCUT2D eigenvalue weighted by Crippen LogP contribution is 2.03. The van der Waals surface area contributed by atoms with Crippen LogP contribution >= 0.6 is 36.2 Å². The van der Waals surface area contributed by atoms with Crippen LogP contribution in [0.15, 0.2) is 11.6 Å². The second-order valence-corrected chi connectivity index (χ2v) is 4.39. The predicted molar refractivity (Wildman–Crippen MR) is 71.3 cm³/mol. The minimum Gasteiger partial charge on any atom is -0.348 e. The van der Waals surface area contributed by atoms with E-state index in [0.717, 1.165) is 5.01 Å². The molecule has 1 atom stereocenters. The smallest absolute Gasteiger partial charge is 0.237 e. The zero-order valence-electron chi connectivity index (χ0n) is 9.17. The molecule has 1 rings (SSSR count). The van der Waals surface area contributed by atoms with Crippen LogP contribution in [0.25, 0.3) is 0 Å². The highest BCUT2D eigenvalue weighted by Gasteiger charge is 2.16. The number of hydrogen-bond donors (Lipinski definition) is 2. The highest BCUT2D eigenvalue weighted by atomic mass is 35.5. The first-order valence-electron chi connectivity index (χ1n) is 4.53. The van der Waals surface area contributed by atoms with Crippen molar-refractivity contribution in [3.63, 3.8) is 0 Å². The van der Waals surface area contributed by atoms with Crippen LogP contribution in [0, 0.1) is 5.92 Å². The maximum absolute atomic E-state index is 11.4. The first-order chi connectivity index (χ1) is 6.61. The molecule has 3 N–H and O–H groups in total. The highest BCUT2D eigenvalue weighted by molar-refractivity contribution is 7.09. The summed E-state index contributed by atoms with van der Waals surface area (Å²) >= 11 is 1.52. The minimum absolute atomic E-state index is 0. The van der Waals surface area contributed by atoms with Crippen LogP contribution in [0.1, 0.15) is 18.9 Å². The van der Waals surface area contributed by atoms with Gasteiger partial charge in [-0.15, -0.1) is 36.2 Å². The molecule has 16 heavy (non-hydrogen) atoms. The fraction of sp³-hybridized carbons (Fsp3) is 0.556. The van der Waals surface area contributed by atoms with E-state index in [9.17, 15) is 4.79 Å². The third-order valence-electron chi connectivity index (χ3n) is 1.92. The molecule has 1 heterocycles. The van der Waals surface area contributed by atoms with Crippen molar-refractivity contribution in [2.24, 2.45) is 11.7 Å². The summed E-state index contributed by atoms with van der Waals surface area (Å²) in [7, 11) is 0. The largest absolute Gasteiger partial charge is 0.348 e. The molecule has 0 fully saturated rings. The van der Waals surface area contributed by atoms with Crippen LogP contribution in [0.2, 0.25) is 0 Å². The summed E-state index contributed by atoms with van der Waals surface area (Å²) in [4.78, 5) is 15.5. The molecule has 0 bridgehead atoms. The number of thiazole rings is 1. The first-order valence-corrected chi connectivity index (χ1v) is 5.41. The van der Waals surface area contributed by atoms with Gasteiger partial charge in [-0.25, -0.2) is 4.98 Å². The van der Waals surface area contributed by atoms with Crippen molar-refractivity contribution < 1.29 is 4.79 Å². The molecule has 1 aromatic heterocycles. The number of halogens is 2. The Bertz CT molecular complexity index is 293. The van der Waals surface area contributed by atoms with E-state index < -0.39 is 6.04 Å². The normalized spacial score (nSPS) is 11.2. The van der Waals surface area contributed by atoms with E-state index in [1.807, 2.05) is 19.2 Å². The van der Waals surface area contributed by atoms with Gasteiger partial charge >= 0.3 is 0 Å². The van der Waals surface area contributed by atoms with Crippen LogP contribution in [0.5, 0.6) is 0 Å². The van der Waals surface area contributed by atoms with Gasteiger partial charge in [0, 0.05) is 11.6 Å². The summed E-state index contributed by atoms with van der Waals surface area (Å²) in [5, 5.41) is 5.53. The number of nitrogens with two attached hydrogens (primary N) is 1. The van der Waals surface area contributed by atoms with E-state index in [0.29, 0.717) is 6.54 Å². The van der Waals surface area contributed by atoms with Crippen molar-refractivity contribution in [2.45, 2.75) is 26.4 Å².